The molecule has 0 saturated heterocycles. The van der Waals surface area contributed by atoms with Gasteiger partial charge < -0.3 is 14.2 Å². The van der Waals surface area contributed by atoms with Crippen molar-refractivity contribution in [3.8, 4) is 17.6 Å². The predicted molar refractivity (Wildman–Crippen MR) is 144 cm³/mol. The SMILES string of the molecule is C=CCc1cc(/C=C(\C#N)C(=O)Nc2ccccc2Cl)cc(OCC)c1OS(=O)(=O)c1ccc(C)cc1. The normalized spacial score (nSPS) is 11.4. The summed E-state index contributed by atoms with van der Waals surface area (Å²) >= 11 is 6.10. The highest BCUT2D eigenvalue weighted by molar-refractivity contribution is 7.87. The molecule has 0 aliphatic heterocycles. The third-order valence-electron chi connectivity index (χ3n) is 5.12. The number of carbonyl (C=O) groups excluding carboxylic acids is 1. The second kappa shape index (κ2) is 12.3. The summed E-state index contributed by atoms with van der Waals surface area (Å²) in [5, 5.41) is 12.6. The lowest BCUT2D eigenvalue weighted by molar-refractivity contribution is -0.112. The van der Waals surface area contributed by atoms with Crippen LogP contribution in [-0.2, 0) is 21.3 Å². The van der Waals surface area contributed by atoms with Gasteiger partial charge in [0.2, 0.25) is 0 Å². The number of allylic oxidation sites excluding steroid dienone is 1. The number of ether oxygens (including phenoxy) is 1. The maximum atomic E-state index is 13.0. The lowest BCUT2D eigenvalue weighted by atomic mass is 10.0. The summed E-state index contributed by atoms with van der Waals surface area (Å²) in [5.41, 5.74) is 1.97. The number of nitrogens with zero attached hydrogens (tertiary/aromatic N) is 1. The van der Waals surface area contributed by atoms with Gasteiger partial charge in [-0.1, -0.05) is 47.5 Å². The van der Waals surface area contributed by atoms with Crippen LogP contribution in [0.3, 0.4) is 0 Å². The van der Waals surface area contributed by atoms with Crippen LogP contribution in [-0.4, -0.2) is 20.9 Å². The van der Waals surface area contributed by atoms with Crippen LogP contribution in [0, 0.1) is 18.3 Å². The zero-order valence-corrected chi connectivity index (χ0v) is 21.9. The first-order valence-corrected chi connectivity index (χ1v) is 13.1. The summed E-state index contributed by atoms with van der Waals surface area (Å²) in [6, 6.07) is 18.0. The van der Waals surface area contributed by atoms with Gasteiger partial charge in [-0.25, -0.2) is 0 Å². The number of aryl methyl sites for hydroxylation is 1. The van der Waals surface area contributed by atoms with E-state index in [1.54, 1.807) is 55.5 Å². The monoisotopic (exact) mass is 536 g/mol. The summed E-state index contributed by atoms with van der Waals surface area (Å²) in [4.78, 5) is 12.7. The van der Waals surface area contributed by atoms with Gasteiger partial charge in [0.1, 0.15) is 16.5 Å². The molecule has 0 spiro atoms. The third kappa shape index (κ3) is 7.00. The number of hydrogen-bond donors (Lipinski definition) is 1. The number of hydrogen-bond acceptors (Lipinski definition) is 6. The van der Waals surface area contributed by atoms with Gasteiger partial charge in [0, 0.05) is 5.56 Å². The van der Waals surface area contributed by atoms with E-state index in [1.165, 1.54) is 24.3 Å². The van der Waals surface area contributed by atoms with E-state index in [2.05, 4.69) is 11.9 Å². The molecule has 0 aromatic heterocycles. The number of carbonyl (C=O) groups is 1. The Balaban J connectivity index is 2.03. The van der Waals surface area contributed by atoms with Crippen molar-refractivity contribution in [1.29, 1.82) is 5.26 Å². The van der Waals surface area contributed by atoms with Crippen molar-refractivity contribution in [2.45, 2.75) is 25.2 Å². The highest BCUT2D eigenvalue weighted by atomic mass is 35.5. The van der Waals surface area contributed by atoms with Crippen molar-refractivity contribution in [1.82, 2.24) is 0 Å². The standard InChI is InChI=1S/C28H25ClN2O5S/c1-4-8-21-15-20(16-22(18-30)28(32)31-25-10-7-6-9-24(25)29)17-26(35-5-2)27(21)36-37(33,34)23-13-11-19(3)12-14-23/h4,6-7,9-17H,1,5,8H2,2-3H3,(H,31,32)/b22-16+. The first-order chi connectivity index (χ1) is 17.7. The molecule has 1 amide bonds. The van der Waals surface area contributed by atoms with Gasteiger partial charge in [0.15, 0.2) is 11.5 Å². The van der Waals surface area contributed by atoms with E-state index in [-0.39, 0.29) is 35.0 Å². The molecule has 0 aliphatic rings. The number of nitriles is 1. The molecule has 0 unspecified atom stereocenters. The fourth-order valence-electron chi connectivity index (χ4n) is 3.36. The molecule has 3 aromatic carbocycles. The second-order valence-electron chi connectivity index (χ2n) is 7.89. The van der Waals surface area contributed by atoms with Gasteiger partial charge in [0.05, 0.1) is 17.3 Å². The Morgan fingerprint density at radius 3 is 2.49 bits per heavy atom. The van der Waals surface area contributed by atoms with Crippen LogP contribution in [0.15, 0.2) is 83.8 Å². The minimum absolute atomic E-state index is 0.00270. The average Bonchev–Trinajstić information content (AvgIpc) is 2.86. The van der Waals surface area contributed by atoms with E-state index < -0.39 is 16.0 Å². The predicted octanol–water partition coefficient (Wildman–Crippen LogP) is 6.09. The van der Waals surface area contributed by atoms with Gasteiger partial charge in [-0.3, -0.25) is 4.79 Å². The number of nitrogens with one attached hydrogen (secondary N) is 1. The molecule has 0 bridgehead atoms. The van der Waals surface area contributed by atoms with Crippen molar-refractivity contribution in [2.75, 3.05) is 11.9 Å². The summed E-state index contributed by atoms with van der Waals surface area (Å²) in [6.07, 6.45) is 3.20. The number of benzene rings is 3. The van der Waals surface area contributed by atoms with Crippen LogP contribution in [0.5, 0.6) is 11.5 Å². The van der Waals surface area contributed by atoms with Crippen LogP contribution in [0.4, 0.5) is 5.69 Å². The van der Waals surface area contributed by atoms with Gasteiger partial charge in [0.25, 0.3) is 5.91 Å². The Bertz CT molecular complexity index is 1490. The minimum Gasteiger partial charge on any atom is -0.490 e. The fraction of sp³-hybridized carbons (Fsp3) is 0.143. The third-order valence-corrected chi connectivity index (χ3v) is 6.68. The molecule has 3 rings (SSSR count). The minimum atomic E-state index is -4.16. The highest BCUT2D eigenvalue weighted by Crippen LogP contribution is 2.37. The van der Waals surface area contributed by atoms with E-state index in [0.29, 0.717) is 21.8 Å². The van der Waals surface area contributed by atoms with Gasteiger partial charge in [-0.05, 0) is 68.3 Å². The van der Waals surface area contributed by atoms with E-state index in [1.807, 2.05) is 13.0 Å². The molecule has 3 aromatic rings. The van der Waals surface area contributed by atoms with Gasteiger partial charge in [-0.2, -0.15) is 13.7 Å². The summed E-state index contributed by atoms with van der Waals surface area (Å²) in [5.74, 6) is -0.493. The molecule has 0 radical (unpaired) electrons. The first kappa shape index (κ1) is 27.5. The van der Waals surface area contributed by atoms with Crippen molar-refractivity contribution in [3.63, 3.8) is 0 Å². The largest absolute Gasteiger partial charge is 0.490 e. The molecule has 0 saturated carbocycles. The van der Waals surface area contributed by atoms with Crippen molar-refractivity contribution < 1.29 is 22.1 Å². The Morgan fingerprint density at radius 2 is 1.86 bits per heavy atom. The Hall–Kier alpha value is -4.06. The summed E-state index contributed by atoms with van der Waals surface area (Å²) in [7, 11) is -4.16. The maximum absolute atomic E-state index is 13.0. The smallest absolute Gasteiger partial charge is 0.339 e. The fourth-order valence-corrected chi connectivity index (χ4v) is 4.52. The number of anilines is 1. The number of amides is 1. The van der Waals surface area contributed by atoms with E-state index in [0.717, 1.165) is 5.56 Å². The zero-order chi connectivity index (χ0) is 27.0. The molecule has 7 nitrogen and oxygen atoms in total. The van der Waals surface area contributed by atoms with E-state index >= 15 is 0 Å². The van der Waals surface area contributed by atoms with Crippen LogP contribution >= 0.6 is 11.6 Å². The summed E-state index contributed by atoms with van der Waals surface area (Å²) in [6.45, 7) is 7.55. The number of para-hydroxylation sites is 1. The Kier molecular flexibility index (Phi) is 9.12. The average molecular weight is 537 g/mol. The molecule has 37 heavy (non-hydrogen) atoms. The van der Waals surface area contributed by atoms with E-state index in [4.69, 9.17) is 20.5 Å². The Labute approximate surface area is 221 Å². The molecule has 0 aliphatic carbocycles. The molecule has 190 valence electrons. The van der Waals surface area contributed by atoms with Crippen LogP contribution in [0.25, 0.3) is 6.08 Å². The topological polar surface area (TPSA) is 105 Å². The molecular weight excluding hydrogens is 512 g/mol. The first-order valence-electron chi connectivity index (χ1n) is 11.3. The Morgan fingerprint density at radius 1 is 1.16 bits per heavy atom. The van der Waals surface area contributed by atoms with Crippen LogP contribution in [0.1, 0.15) is 23.6 Å². The lowest BCUT2D eigenvalue weighted by Gasteiger charge is -2.16. The van der Waals surface area contributed by atoms with Crippen LogP contribution in [0.2, 0.25) is 5.02 Å². The number of rotatable bonds is 10. The van der Waals surface area contributed by atoms with Crippen molar-refractivity contribution >= 4 is 39.4 Å². The van der Waals surface area contributed by atoms with Gasteiger partial charge >= 0.3 is 10.1 Å². The molecular formula is C28H25ClN2O5S. The van der Waals surface area contributed by atoms with E-state index in [9.17, 15) is 18.5 Å². The zero-order valence-electron chi connectivity index (χ0n) is 20.3. The lowest BCUT2D eigenvalue weighted by Crippen LogP contribution is -2.14. The number of halogens is 1. The van der Waals surface area contributed by atoms with Crippen LogP contribution < -0.4 is 14.2 Å². The van der Waals surface area contributed by atoms with Crippen molar-refractivity contribution in [3.05, 3.63) is 101 Å². The molecule has 9 heteroatoms. The highest BCUT2D eigenvalue weighted by Gasteiger charge is 2.23. The van der Waals surface area contributed by atoms with Crippen molar-refractivity contribution in [2.24, 2.45) is 0 Å². The molecule has 0 heterocycles. The molecule has 0 fully saturated rings. The molecule has 0 atom stereocenters. The van der Waals surface area contributed by atoms with Gasteiger partial charge in [-0.15, -0.1) is 6.58 Å². The molecule has 1 N–H and O–H groups in total. The quantitative estimate of drug-likeness (QED) is 0.145. The maximum Gasteiger partial charge on any atom is 0.339 e. The second-order valence-corrected chi connectivity index (χ2v) is 9.84. The summed E-state index contributed by atoms with van der Waals surface area (Å²) < 4.78 is 37.2.